The number of benzene rings is 4. The molecule has 0 radical (unpaired) electrons. The van der Waals surface area contributed by atoms with Crippen LogP contribution in [0.2, 0.25) is 0 Å². The van der Waals surface area contributed by atoms with Gasteiger partial charge in [0.2, 0.25) is 5.91 Å². The zero-order chi connectivity index (χ0) is 24.4. The van der Waals surface area contributed by atoms with Crippen LogP contribution in [0.1, 0.15) is 16.7 Å². The Hall–Kier alpha value is -4.78. The van der Waals surface area contributed by atoms with Gasteiger partial charge in [0, 0.05) is 16.8 Å². The number of anilines is 2. The van der Waals surface area contributed by atoms with E-state index in [9.17, 15) is 14.7 Å². The Morgan fingerprint density at radius 1 is 0.971 bits per heavy atom. The lowest BCUT2D eigenvalue weighted by molar-refractivity contribution is -0.118. The molecule has 4 aromatic carbocycles. The first kappa shape index (κ1) is 22.0. The number of para-hydroxylation sites is 1. The number of hydrogen-bond acceptors (Lipinski definition) is 5. The molecule has 0 fully saturated rings. The fourth-order valence-electron chi connectivity index (χ4n) is 4.06. The highest BCUT2D eigenvalue weighted by atomic mass is 16.3. The van der Waals surface area contributed by atoms with Crippen molar-refractivity contribution >= 4 is 45.9 Å². The van der Waals surface area contributed by atoms with Gasteiger partial charge in [0.1, 0.15) is 12.3 Å². The molecule has 1 aliphatic rings. The third-order valence-corrected chi connectivity index (χ3v) is 5.83. The van der Waals surface area contributed by atoms with Crippen LogP contribution >= 0.6 is 0 Å². The lowest BCUT2D eigenvalue weighted by atomic mass is 10.0. The number of phenolic OH excluding ortho intramolecular Hbond substituents is 1. The van der Waals surface area contributed by atoms with Crippen LogP contribution in [0.15, 0.2) is 95.1 Å². The Balaban J connectivity index is 1.41. The van der Waals surface area contributed by atoms with E-state index in [2.05, 4.69) is 15.5 Å². The average Bonchev–Trinajstić information content (AvgIpc) is 3.12. The molecule has 0 unspecified atom stereocenters. The van der Waals surface area contributed by atoms with Crippen molar-refractivity contribution in [2.75, 3.05) is 16.8 Å². The molecule has 4 aromatic rings. The molecule has 1 heterocycles. The average molecular weight is 463 g/mol. The summed E-state index contributed by atoms with van der Waals surface area (Å²) in [6, 6.07) is 25.6. The van der Waals surface area contributed by atoms with Crippen LogP contribution in [0.3, 0.4) is 0 Å². The number of hydrogen-bond donors (Lipinski definition) is 2. The molecule has 2 amide bonds. The number of rotatable bonds is 5. The van der Waals surface area contributed by atoms with Crippen molar-refractivity contribution in [3.63, 3.8) is 0 Å². The van der Waals surface area contributed by atoms with Crippen LogP contribution in [-0.4, -0.2) is 35.4 Å². The second-order valence-corrected chi connectivity index (χ2v) is 8.24. The van der Waals surface area contributed by atoms with Crippen LogP contribution in [0.4, 0.5) is 11.4 Å². The number of nitrogens with one attached hydrogen (secondary N) is 1. The molecular weight excluding hydrogens is 440 g/mol. The number of amides is 2. The summed E-state index contributed by atoms with van der Waals surface area (Å²) >= 11 is 0. The van der Waals surface area contributed by atoms with Crippen molar-refractivity contribution in [3.8, 4) is 5.75 Å². The maximum absolute atomic E-state index is 13.2. The van der Waals surface area contributed by atoms with Crippen LogP contribution in [0.25, 0.3) is 10.8 Å². The highest BCUT2D eigenvalue weighted by Crippen LogP contribution is 2.30. The summed E-state index contributed by atoms with van der Waals surface area (Å²) in [4.78, 5) is 27.3. The van der Waals surface area contributed by atoms with Gasteiger partial charge in [-0.25, -0.2) is 0 Å². The largest absolute Gasteiger partial charge is 0.507 e. The molecule has 35 heavy (non-hydrogen) atoms. The molecule has 1 aliphatic heterocycles. The molecule has 7 nitrogen and oxygen atoms in total. The Labute approximate surface area is 202 Å². The maximum Gasteiger partial charge on any atom is 0.279 e. The quantitative estimate of drug-likeness (QED) is 0.334. The Morgan fingerprint density at radius 2 is 1.71 bits per heavy atom. The minimum Gasteiger partial charge on any atom is -0.507 e. The van der Waals surface area contributed by atoms with Gasteiger partial charge in [0.25, 0.3) is 5.91 Å². The minimum atomic E-state index is -0.412. The van der Waals surface area contributed by atoms with Crippen LogP contribution < -0.4 is 10.2 Å². The zero-order valence-electron chi connectivity index (χ0n) is 19.0. The van der Waals surface area contributed by atoms with Crippen molar-refractivity contribution in [3.05, 3.63) is 102 Å². The highest BCUT2D eigenvalue weighted by Gasteiger charge is 2.35. The van der Waals surface area contributed by atoms with Crippen molar-refractivity contribution < 1.29 is 14.7 Å². The second kappa shape index (κ2) is 9.23. The van der Waals surface area contributed by atoms with Crippen molar-refractivity contribution in [1.29, 1.82) is 0 Å². The van der Waals surface area contributed by atoms with Crippen LogP contribution in [-0.2, 0) is 9.59 Å². The number of phenols is 1. The van der Waals surface area contributed by atoms with E-state index in [1.807, 2.05) is 61.5 Å². The monoisotopic (exact) mass is 462 g/mol. The number of carbonyl (C=O) groups is 2. The smallest absolute Gasteiger partial charge is 0.279 e. The SMILES string of the molecule is Cc1ccc(NC(=O)CN2C(=O)C(=NN=Cc3c(O)ccc4ccccc34)c3ccccc32)cc1. The first-order chi connectivity index (χ1) is 17.0. The third-order valence-electron chi connectivity index (χ3n) is 5.83. The summed E-state index contributed by atoms with van der Waals surface area (Å²) in [6.07, 6.45) is 1.44. The number of nitrogens with zero attached hydrogens (tertiary/aromatic N) is 3. The molecule has 0 bridgehead atoms. The Bertz CT molecular complexity index is 1510. The molecular formula is C28H22N4O3. The van der Waals surface area contributed by atoms with E-state index in [1.165, 1.54) is 11.1 Å². The Kier molecular flexibility index (Phi) is 5.81. The van der Waals surface area contributed by atoms with Gasteiger partial charge in [-0.1, -0.05) is 66.2 Å². The van der Waals surface area contributed by atoms with Gasteiger partial charge in [-0.3, -0.25) is 14.5 Å². The van der Waals surface area contributed by atoms with Gasteiger partial charge >= 0.3 is 0 Å². The summed E-state index contributed by atoms with van der Waals surface area (Å²) in [5, 5.41) is 23.2. The number of carbonyl (C=O) groups excluding carboxylic acids is 2. The summed E-state index contributed by atoms with van der Waals surface area (Å²) in [6.45, 7) is 1.81. The van der Waals surface area contributed by atoms with Crippen LogP contribution in [0, 0.1) is 6.92 Å². The summed E-state index contributed by atoms with van der Waals surface area (Å²) in [5.41, 5.74) is 3.59. The molecule has 0 aromatic heterocycles. The Morgan fingerprint density at radius 3 is 2.54 bits per heavy atom. The predicted molar refractivity (Wildman–Crippen MR) is 138 cm³/mol. The van der Waals surface area contributed by atoms with E-state index >= 15 is 0 Å². The van der Waals surface area contributed by atoms with E-state index in [-0.39, 0.29) is 23.9 Å². The third kappa shape index (κ3) is 4.39. The van der Waals surface area contributed by atoms with Crippen molar-refractivity contribution in [2.24, 2.45) is 10.2 Å². The van der Waals surface area contributed by atoms with Gasteiger partial charge in [0.05, 0.1) is 11.9 Å². The van der Waals surface area contributed by atoms with Crippen molar-refractivity contribution in [1.82, 2.24) is 0 Å². The maximum atomic E-state index is 13.2. The standard InChI is InChI=1S/C28H22N4O3/c1-18-10-13-20(14-11-18)30-26(34)17-32-24-9-5-4-8-22(24)27(28(32)35)31-29-16-23-21-7-3-2-6-19(21)12-15-25(23)33/h2-16,33H,17H2,1H3,(H,30,34). The van der Waals surface area contributed by atoms with E-state index in [4.69, 9.17) is 0 Å². The molecule has 0 spiro atoms. The number of fused-ring (bicyclic) bond motifs is 2. The van der Waals surface area contributed by atoms with Crippen molar-refractivity contribution in [2.45, 2.75) is 6.92 Å². The fraction of sp³-hybridized carbons (Fsp3) is 0.0714. The molecule has 7 heteroatoms. The van der Waals surface area contributed by atoms with Gasteiger partial charge in [-0.05, 0) is 42.0 Å². The number of aromatic hydroxyl groups is 1. The van der Waals surface area contributed by atoms with Gasteiger partial charge < -0.3 is 10.4 Å². The van der Waals surface area contributed by atoms with E-state index in [0.29, 0.717) is 22.5 Å². The van der Waals surface area contributed by atoms with E-state index in [1.54, 1.807) is 30.3 Å². The van der Waals surface area contributed by atoms with Gasteiger partial charge in [-0.15, -0.1) is 5.10 Å². The topological polar surface area (TPSA) is 94.4 Å². The number of aryl methyl sites for hydroxylation is 1. The van der Waals surface area contributed by atoms with Gasteiger partial charge in [-0.2, -0.15) is 5.10 Å². The summed E-state index contributed by atoms with van der Waals surface area (Å²) < 4.78 is 0. The first-order valence-corrected chi connectivity index (χ1v) is 11.1. The molecule has 0 atom stereocenters. The molecule has 0 saturated heterocycles. The van der Waals surface area contributed by atoms with E-state index < -0.39 is 5.91 Å². The molecule has 172 valence electrons. The zero-order valence-corrected chi connectivity index (χ0v) is 19.0. The fourth-order valence-corrected chi connectivity index (χ4v) is 4.06. The minimum absolute atomic E-state index is 0.0696. The highest BCUT2D eigenvalue weighted by molar-refractivity contribution is 6.54. The van der Waals surface area contributed by atoms with Crippen LogP contribution in [0.5, 0.6) is 5.75 Å². The second-order valence-electron chi connectivity index (χ2n) is 8.24. The summed E-state index contributed by atoms with van der Waals surface area (Å²) in [7, 11) is 0. The predicted octanol–water partition coefficient (Wildman–Crippen LogP) is 4.66. The van der Waals surface area contributed by atoms with E-state index in [0.717, 1.165) is 16.3 Å². The summed E-state index contributed by atoms with van der Waals surface area (Å²) in [5.74, 6) is -0.660. The lowest BCUT2D eigenvalue weighted by Gasteiger charge is -2.16. The molecule has 2 N–H and O–H groups in total. The molecule has 0 saturated carbocycles. The normalized spacial score (nSPS) is 14.1. The molecule has 5 rings (SSSR count). The first-order valence-electron chi connectivity index (χ1n) is 11.1. The molecule has 0 aliphatic carbocycles. The van der Waals surface area contributed by atoms with Gasteiger partial charge in [0.15, 0.2) is 5.71 Å². The lowest BCUT2D eigenvalue weighted by Crippen LogP contribution is -2.37.